The van der Waals surface area contributed by atoms with Crippen LogP contribution in [-0.4, -0.2) is 32.1 Å². The van der Waals surface area contributed by atoms with E-state index in [4.69, 9.17) is 16.3 Å². The Bertz CT molecular complexity index is 1070. The fraction of sp³-hybridized carbons (Fsp3) is 0.0952. The number of hydrogen-bond acceptors (Lipinski definition) is 5. The fourth-order valence-electron chi connectivity index (χ4n) is 2.70. The van der Waals surface area contributed by atoms with Crippen molar-refractivity contribution in [2.75, 3.05) is 12.4 Å². The number of hydrogen-bond donors (Lipinski definition) is 0. The SMILES string of the molecule is Fc1ccc(-n2c(SCCOc3ccc(Cl)cc3)nnc2-c2ccncc2)cc1. The molecule has 0 bridgehead atoms. The van der Waals surface area contributed by atoms with Gasteiger partial charge in [0.05, 0.1) is 6.61 Å². The largest absolute Gasteiger partial charge is 0.493 e. The summed E-state index contributed by atoms with van der Waals surface area (Å²) in [6, 6.07) is 17.2. The topological polar surface area (TPSA) is 52.8 Å². The zero-order valence-corrected chi connectivity index (χ0v) is 16.8. The first-order valence-electron chi connectivity index (χ1n) is 8.83. The molecule has 29 heavy (non-hydrogen) atoms. The van der Waals surface area contributed by atoms with Gasteiger partial charge in [0, 0.05) is 34.4 Å². The molecule has 4 aromatic rings. The Morgan fingerprint density at radius 2 is 1.66 bits per heavy atom. The van der Waals surface area contributed by atoms with Crippen LogP contribution in [0, 0.1) is 5.82 Å². The molecule has 8 heteroatoms. The van der Waals surface area contributed by atoms with E-state index in [-0.39, 0.29) is 5.82 Å². The van der Waals surface area contributed by atoms with Gasteiger partial charge in [-0.15, -0.1) is 10.2 Å². The highest BCUT2D eigenvalue weighted by atomic mass is 35.5. The van der Waals surface area contributed by atoms with E-state index in [0.717, 1.165) is 17.0 Å². The van der Waals surface area contributed by atoms with Crippen molar-refractivity contribution in [3.8, 4) is 22.8 Å². The lowest BCUT2D eigenvalue weighted by Crippen LogP contribution is -2.03. The van der Waals surface area contributed by atoms with Gasteiger partial charge in [0.1, 0.15) is 11.6 Å². The van der Waals surface area contributed by atoms with Gasteiger partial charge in [0.2, 0.25) is 0 Å². The van der Waals surface area contributed by atoms with Crippen molar-refractivity contribution in [3.05, 3.63) is 83.9 Å². The van der Waals surface area contributed by atoms with E-state index >= 15 is 0 Å². The molecule has 4 rings (SSSR count). The second kappa shape index (κ2) is 9.07. The molecule has 0 N–H and O–H groups in total. The molecule has 2 heterocycles. The van der Waals surface area contributed by atoms with E-state index < -0.39 is 0 Å². The summed E-state index contributed by atoms with van der Waals surface area (Å²) in [5.41, 5.74) is 1.66. The summed E-state index contributed by atoms with van der Waals surface area (Å²) in [7, 11) is 0. The van der Waals surface area contributed by atoms with Crippen molar-refractivity contribution >= 4 is 23.4 Å². The number of aromatic nitrogens is 4. The van der Waals surface area contributed by atoms with Gasteiger partial charge in [-0.1, -0.05) is 23.4 Å². The Labute approximate surface area is 176 Å². The molecular weight excluding hydrogens is 411 g/mol. The summed E-state index contributed by atoms with van der Waals surface area (Å²) in [6.45, 7) is 0.493. The van der Waals surface area contributed by atoms with Crippen molar-refractivity contribution in [1.29, 1.82) is 0 Å². The zero-order valence-electron chi connectivity index (χ0n) is 15.2. The third-order valence-corrected chi connectivity index (χ3v) is 5.20. The van der Waals surface area contributed by atoms with E-state index in [1.807, 2.05) is 28.8 Å². The molecule has 0 saturated carbocycles. The van der Waals surface area contributed by atoms with Crippen molar-refractivity contribution in [1.82, 2.24) is 19.7 Å². The Kier molecular flexibility index (Phi) is 6.07. The number of rotatable bonds is 7. The molecule has 146 valence electrons. The van der Waals surface area contributed by atoms with E-state index in [0.29, 0.717) is 28.4 Å². The lowest BCUT2D eigenvalue weighted by molar-refractivity contribution is 0.344. The molecule has 2 aromatic heterocycles. The summed E-state index contributed by atoms with van der Waals surface area (Å²) in [6.07, 6.45) is 3.40. The maximum Gasteiger partial charge on any atom is 0.196 e. The van der Waals surface area contributed by atoms with Gasteiger partial charge >= 0.3 is 0 Å². The van der Waals surface area contributed by atoms with E-state index in [1.54, 1.807) is 36.7 Å². The molecular formula is C21H16ClFN4OS. The highest BCUT2D eigenvalue weighted by Crippen LogP contribution is 2.28. The molecule has 0 amide bonds. The number of ether oxygens (including phenoxy) is 1. The lowest BCUT2D eigenvalue weighted by atomic mass is 10.2. The molecule has 0 saturated heterocycles. The van der Waals surface area contributed by atoms with Crippen LogP contribution in [0.4, 0.5) is 4.39 Å². The average Bonchev–Trinajstić information content (AvgIpc) is 3.17. The maximum atomic E-state index is 13.4. The Hall–Kier alpha value is -2.90. The highest BCUT2D eigenvalue weighted by Gasteiger charge is 2.16. The van der Waals surface area contributed by atoms with Crippen LogP contribution < -0.4 is 4.74 Å². The van der Waals surface area contributed by atoms with Crippen molar-refractivity contribution in [2.24, 2.45) is 0 Å². The third-order valence-electron chi connectivity index (χ3n) is 4.05. The normalized spacial score (nSPS) is 10.8. The second-order valence-corrected chi connectivity index (χ2v) is 7.50. The van der Waals surface area contributed by atoms with Gasteiger partial charge in [-0.2, -0.15) is 0 Å². The van der Waals surface area contributed by atoms with Crippen LogP contribution in [0.3, 0.4) is 0 Å². The Balaban J connectivity index is 1.54. The van der Waals surface area contributed by atoms with Crippen LogP contribution in [0.25, 0.3) is 17.1 Å². The molecule has 0 fully saturated rings. The van der Waals surface area contributed by atoms with Gasteiger partial charge in [-0.05, 0) is 60.7 Å². The van der Waals surface area contributed by atoms with E-state index in [9.17, 15) is 4.39 Å². The van der Waals surface area contributed by atoms with Crippen LogP contribution >= 0.6 is 23.4 Å². The average molecular weight is 427 g/mol. The number of halogens is 2. The molecule has 0 unspecified atom stereocenters. The van der Waals surface area contributed by atoms with Gasteiger partial charge in [0.25, 0.3) is 0 Å². The maximum absolute atomic E-state index is 13.4. The highest BCUT2D eigenvalue weighted by molar-refractivity contribution is 7.99. The first-order valence-corrected chi connectivity index (χ1v) is 10.2. The van der Waals surface area contributed by atoms with Gasteiger partial charge in [-0.25, -0.2) is 4.39 Å². The predicted molar refractivity (Wildman–Crippen MR) is 112 cm³/mol. The second-order valence-electron chi connectivity index (χ2n) is 6.00. The number of pyridine rings is 1. The van der Waals surface area contributed by atoms with Crippen LogP contribution in [0.1, 0.15) is 0 Å². The van der Waals surface area contributed by atoms with Crippen LogP contribution in [-0.2, 0) is 0 Å². The third kappa shape index (κ3) is 4.75. The lowest BCUT2D eigenvalue weighted by Gasteiger charge is -2.11. The molecule has 0 aliphatic heterocycles. The summed E-state index contributed by atoms with van der Waals surface area (Å²) >= 11 is 7.40. The molecule has 5 nitrogen and oxygen atoms in total. The van der Waals surface area contributed by atoms with E-state index in [1.165, 1.54) is 23.9 Å². The first kappa shape index (κ1) is 19.4. The summed E-state index contributed by atoms with van der Waals surface area (Å²) < 4.78 is 21.1. The predicted octanol–water partition coefficient (Wildman–Crippen LogP) is 5.29. The van der Waals surface area contributed by atoms with Gasteiger partial charge in [-0.3, -0.25) is 9.55 Å². The molecule has 0 aliphatic rings. The monoisotopic (exact) mass is 426 g/mol. The summed E-state index contributed by atoms with van der Waals surface area (Å²) in [5, 5.41) is 10.0. The van der Waals surface area contributed by atoms with Crippen LogP contribution in [0.5, 0.6) is 5.75 Å². The van der Waals surface area contributed by atoms with Crippen molar-refractivity contribution in [3.63, 3.8) is 0 Å². The molecule has 0 spiro atoms. The standard InChI is InChI=1S/C21H16ClFN4OS/c22-16-1-7-19(8-2-16)28-13-14-29-21-26-25-20(15-9-11-24-12-10-15)27(21)18-5-3-17(23)4-6-18/h1-12H,13-14H2. The quantitative estimate of drug-likeness (QED) is 0.297. The minimum Gasteiger partial charge on any atom is -0.493 e. The smallest absolute Gasteiger partial charge is 0.196 e. The van der Waals surface area contributed by atoms with E-state index in [2.05, 4.69) is 15.2 Å². The van der Waals surface area contributed by atoms with Gasteiger partial charge in [0.15, 0.2) is 11.0 Å². The van der Waals surface area contributed by atoms with Crippen LogP contribution in [0.2, 0.25) is 5.02 Å². The zero-order chi connectivity index (χ0) is 20.1. The van der Waals surface area contributed by atoms with Crippen molar-refractivity contribution < 1.29 is 9.13 Å². The Morgan fingerprint density at radius 3 is 2.38 bits per heavy atom. The Morgan fingerprint density at radius 1 is 0.931 bits per heavy atom. The van der Waals surface area contributed by atoms with Crippen molar-refractivity contribution in [2.45, 2.75) is 5.16 Å². The number of thioether (sulfide) groups is 1. The number of nitrogens with zero attached hydrogens (tertiary/aromatic N) is 4. The van der Waals surface area contributed by atoms with Crippen LogP contribution in [0.15, 0.2) is 78.2 Å². The summed E-state index contributed by atoms with van der Waals surface area (Å²) in [4.78, 5) is 4.05. The minimum absolute atomic E-state index is 0.294. The summed E-state index contributed by atoms with van der Waals surface area (Å²) in [5.74, 6) is 1.80. The minimum atomic E-state index is -0.294. The molecule has 0 aliphatic carbocycles. The molecule has 2 aromatic carbocycles. The first-order chi connectivity index (χ1) is 14.2. The van der Waals surface area contributed by atoms with Gasteiger partial charge < -0.3 is 4.74 Å². The molecule has 0 atom stereocenters. The molecule has 0 radical (unpaired) electrons. The number of benzene rings is 2. The fourth-order valence-corrected chi connectivity index (χ4v) is 3.59.